The average molecular weight is 287 g/mol. The number of nitrogens with one attached hydrogen (secondary N) is 1. The second-order valence-electron chi connectivity index (χ2n) is 4.63. The highest BCUT2D eigenvalue weighted by molar-refractivity contribution is 5.81. The minimum absolute atomic E-state index is 0.0580. The smallest absolute Gasteiger partial charge is 0.330 e. The molecule has 1 heterocycles. The molecule has 1 saturated heterocycles. The highest BCUT2D eigenvalue weighted by Crippen LogP contribution is 2.23. The van der Waals surface area contributed by atoms with Gasteiger partial charge in [-0.3, -0.25) is 4.79 Å². The van der Waals surface area contributed by atoms with E-state index in [1.54, 1.807) is 6.92 Å². The molecule has 0 aromatic heterocycles. The lowest BCUT2D eigenvalue weighted by Crippen LogP contribution is -2.63. The van der Waals surface area contributed by atoms with Crippen LogP contribution >= 0.6 is 0 Å². The Kier molecular flexibility index (Phi) is 6.12. The quantitative estimate of drug-likeness (QED) is 0.517. The van der Waals surface area contributed by atoms with E-state index in [0.29, 0.717) is 0 Å². The first-order valence-electron chi connectivity index (χ1n) is 6.33. The monoisotopic (exact) mass is 287 g/mol. The Balaban J connectivity index is 2.73. The van der Waals surface area contributed by atoms with Crippen molar-refractivity contribution < 1.29 is 28.9 Å². The summed E-state index contributed by atoms with van der Waals surface area (Å²) in [7, 11) is 1.42. The topological polar surface area (TPSA) is 94.1 Å². The Hall–Kier alpha value is -1.44. The van der Waals surface area contributed by atoms with Crippen molar-refractivity contribution in [1.29, 1.82) is 0 Å². The van der Waals surface area contributed by atoms with Gasteiger partial charge >= 0.3 is 5.97 Å². The third-order valence-corrected chi connectivity index (χ3v) is 3.16. The van der Waals surface area contributed by atoms with Crippen LogP contribution in [0.5, 0.6) is 0 Å². The molecule has 1 rings (SSSR count). The molecule has 5 atom stereocenters. The van der Waals surface area contributed by atoms with E-state index in [1.807, 2.05) is 0 Å². The molecule has 0 aromatic carbocycles. The number of carbonyl (C=O) groups is 2. The standard InChI is InChI=1S/C13H21NO6/c1-5-10(16)19-6-9-13(18-4)12(17)11(7(2)20-9)14-8(3)15/h5,7,9,11-13,17H,1,6H2,2-4H3,(H,14,15)/t7?,9?,11?,12-,13?/m1/s1. The summed E-state index contributed by atoms with van der Waals surface area (Å²) in [5.41, 5.74) is 0. The van der Waals surface area contributed by atoms with Crippen molar-refractivity contribution in [3.05, 3.63) is 12.7 Å². The lowest BCUT2D eigenvalue weighted by atomic mass is 9.93. The van der Waals surface area contributed by atoms with Gasteiger partial charge in [-0.15, -0.1) is 0 Å². The fourth-order valence-corrected chi connectivity index (χ4v) is 2.23. The van der Waals surface area contributed by atoms with Gasteiger partial charge in [0.1, 0.15) is 24.9 Å². The summed E-state index contributed by atoms with van der Waals surface area (Å²) >= 11 is 0. The zero-order valence-electron chi connectivity index (χ0n) is 11.9. The maximum atomic E-state index is 11.1. The summed E-state index contributed by atoms with van der Waals surface area (Å²) < 4.78 is 15.8. The number of aliphatic hydroxyl groups is 1. The summed E-state index contributed by atoms with van der Waals surface area (Å²) in [5.74, 6) is -0.842. The van der Waals surface area contributed by atoms with Crippen molar-refractivity contribution in [2.45, 2.75) is 44.3 Å². The lowest BCUT2D eigenvalue weighted by molar-refractivity contribution is -0.204. The Morgan fingerprint density at radius 1 is 1.50 bits per heavy atom. The largest absolute Gasteiger partial charge is 0.460 e. The van der Waals surface area contributed by atoms with Crippen LogP contribution in [0.25, 0.3) is 0 Å². The third-order valence-electron chi connectivity index (χ3n) is 3.16. The van der Waals surface area contributed by atoms with Gasteiger partial charge in [-0.1, -0.05) is 6.58 Å². The van der Waals surface area contributed by atoms with Gasteiger partial charge in [-0.2, -0.15) is 0 Å². The Morgan fingerprint density at radius 2 is 2.15 bits per heavy atom. The van der Waals surface area contributed by atoms with E-state index in [0.717, 1.165) is 6.08 Å². The van der Waals surface area contributed by atoms with Crippen molar-refractivity contribution in [2.75, 3.05) is 13.7 Å². The predicted octanol–water partition coefficient (Wildman–Crippen LogP) is -0.616. The van der Waals surface area contributed by atoms with Crippen LogP contribution in [-0.4, -0.2) is 61.2 Å². The number of hydrogen-bond donors (Lipinski definition) is 2. The molecule has 7 heteroatoms. The molecule has 1 aliphatic rings. The summed E-state index contributed by atoms with van der Waals surface area (Å²) in [6.45, 7) is 6.32. The van der Waals surface area contributed by atoms with Gasteiger partial charge in [-0.25, -0.2) is 4.79 Å². The first-order valence-corrected chi connectivity index (χ1v) is 6.33. The number of carbonyl (C=O) groups excluding carboxylic acids is 2. The number of methoxy groups -OCH3 is 1. The number of hydrogen-bond acceptors (Lipinski definition) is 6. The molecule has 2 N–H and O–H groups in total. The van der Waals surface area contributed by atoms with E-state index >= 15 is 0 Å². The molecule has 0 saturated carbocycles. The van der Waals surface area contributed by atoms with E-state index in [-0.39, 0.29) is 12.5 Å². The van der Waals surface area contributed by atoms with Crippen LogP contribution in [-0.2, 0) is 23.8 Å². The van der Waals surface area contributed by atoms with Crippen LogP contribution in [0.3, 0.4) is 0 Å². The fraction of sp³-hybridized carbons (Fsp3) is 0.692. The van der Waals surface area contributed by atoms with E-state index < -0.39 is 36.4 Å². The second kappa shape index (κ2) is 7.37. The number of rotatable bonds is 5. The molecular weight excluding hydrogens is 266 g/mol. The normalized spacial score (nSPS) is 33.3. The number of aliphatic hydroxyl groups excluding tert-OH is 1. The van der Waals surface area contributed by atoms with Crippen LogP contribution in [0.1, 0.15) is 13.8 Å². The van der Waals surface area contributed by atoms with Crippen molar-refractivity contribution in [2.24, 2.45) is 0 Å². The fourth-order valence-electron chi connectivity index (χ4n) is 2.23. The summed E-state index contributed by atoms with van der Waals surface area (Å²) in [4.78, 5) is 22.2. The lowest BCUT2D eigenvalue weighted by Gasteiger charge is -2.43. The molecule has 0 bridgehead atoms. The van der Waals surface area contributed by atoms with Crippen LogP contribution in [0, 0.1) is 0 Å². The highest BCUT2D eigenvalue weighted by Gasteiger charge is 2.44. The molecule has 1 amide bonds. The van der Waals surface area contributed by atoms with Gasteiger partial charge in [0.15, 0.2) is 0 Å². The Labute approximate surface area is 117 Å². The highest BCUT2D eigenvalue weighted by atomic mass is 16.6. The molecule has 0 aromatic rings. The van der Waals surface area contributed by atoms with Crippen molar-refractivity contribution >= 4 is 11.9 Å². The maximum absolute atomic E-state index is 11.1. The van der Waals surface area contributed by atoms with Gasteiger partial charge in [-0.05, 0) is 6.92 Å². The van der Waals surface area contributed by atoms with E-state index in [1.165, 1.54) is 14.0 Å². The van der Waals surface area contributed by atoms with Crippen LogP contribution < -0.4 is 5.32 Å². The summed E-state index contributed by atoms with van der Waals surface area (Å²) in [6, 6.07) is -0.580. The number of esters is 1. The van der Waals surface area contributed by atoms with Crippen LogP contribution in [0.2, 0.25) is 0 Å². The zero-order chi connectivity index (χ0) is 15.3. The molecule has 1 fully saturated rings. The molecule has 0 spiro atoms. The summed E-state index contributed by atoms with van der Waals surface area (Å²) in [5, 5.41) is 12.9. The maximum Gasteiger partial charge on any atom is 0.330 e. The van der Waals surface area contributed by atoms with Gasteiger partial charge in [0.2, 0.25) is 5.91 Å². The molecule has 0 aliphatic carbocycles. The van der Waals surface area contributed by atoms with E-state index in [9.17, 15) is 14.7 Å². The SMILES string of the molecule is C=CC(=O)OCC1OC(C)C(NC(C)=O)[C@@H](O)C1OC. The molecule has 114 valence electrons. The minimum atomic E-state index is -0.958. The first kappa shape index (κ1) is 16.6. The average Bonchev–Trinajstić information content (AvgIpc) is 2.40. The van der Waals surface area contributed by atoms with Gasteiger partial charge in [0, 0.05) is 20.1 Å². The van der Waals surface area contributed by atoms with Crippen molar-refractivity contribution in [3.63, 3.8) is 0 Å². The summed E-state index contributed by atoms with van der Waals surface area (Å²) in [6.07, 6.45) is -1.67. The molecule has 4 unspecified atom stereocenters. The first-order chi connectivity index (χ1) is 9.40. The van der Waals surface area contributed by atoms with Crippen molar-refractivity contribution in [1.82, 2.24) is 5.32 Å². The molecule has 0 radical (unpaired) electrons. The van der Waals surface area contributed by atoms with Crippen LogP contribution in [0.4, 0.5) is 0 Å². The number of amides is 1. The molecular formula is C13H21NO6. The molecule has 20 heavy (non-hydrogen) atoms. The van der Waals surface area contributed by atoms with Gasteiger partial charge < -0.3 is 24.6 Å². The predicted molar refractivity (Wildman–Crippen MR) is 69.9 cm³/mol. The van der Waals surface area contributed by atoms with E-state index in [4.69, 9.17) is 14.2 Å². The van der Waals surface area contributed by atoms with E-state index in [2.05, 4.69) is 11.9 Å². The number of ether oxygens (including phenoxy) is 3. The zero-order valence-corrected chi connectivity index (χ0v) is 11.9. The Morgan fingerprint density at radius 3 is 2.65 bits per heavy atom. The van der Waals surface area contributed by atoms with Gasteiger partial charge in [0.05, 0.1) is 12.1 Å². The minimum Gasteiger partial charge on any atom is -0.460 e. The molecule has 1 aliphatic heterocycles. The van der Waals surface area contributed by atoms with Crippen LogP contribution in [0.15, 0.2) is 12.7 Å². The second-order valence-corrected chi connectivity index (χ2v) is 4.63. The van der Waals surface area contributed by atoms with Gasteiger partial charge in [0.25, 0.3) is 0 Å². The third kappa shape index (κ3) is 4.03. The van der Waals surface area contributed by atoms with Crippen molar-refractivity contribution in [3.8, 4) is 0 Å². The molecule has 7 nitrogen and oxygen atoms in total. The Bertz CT molecular complexity index is 372.